The van der Waals surface area contributed by atoms with Crippen molar-refractivity contribution in [1.82, 2.24) is 9.97 Å². The molecule has 0 spiro atoms. The number of hydrogen-bond donors (Lipinski definition) is 2. The zero-order valence-corrected chi connectivity index (χ0v) is 12.8. The molecule has 0 amide bonds. The zero-order chi connectivity index (χ0) is 14.4. The number of H-pyrrole nitrogens is 2. The van der Waals surface area contributed by atoms with Crippen LogP contribution in [0.3, 0.4) is 0 Å². The maximum Gasteiger partial charge on any atom is 0.323 e. The molecular weight excluding hydrogens is 272 g/mol. The van der Waals surface area contributed by atoms with E-state index in [-0.39, 0.29) is 11.1 Å². The third-order valence-electron chi connectivity index (χ3n) is 3.71. The molecule has 4 heteroatoms. The molecule has 2 rings (SSSR count). The summed E-state index contributed by atoms with van der Waals surface area (Å²) in [6.07, 6.45) is 8.68. The molecule has 1 atom stereocenters. The highest BCUT2D eigenvalue weighted by Gasteiger charge is 2.09. The highest BCUT2D eigenvalue weighted by Crippen LogP contribution is 2.28. The molecule has 0 saturated heterocycles. The monoisotopic (exact) mass is 294 g/mol. The lowest BCUT2D eigenvalue weighted by Crippen LogP contribution is -1.99. The Hall–Kier alpha value is -1.22. The van der Waals surface area contributed by atoms with E-state index < -0.39 is 0 Å². The first-order chi connectivity index (χ1) is 9.70. The van der Waals surface area contributed by atoms with Gasteiger partial charge in [0.2, 0.25) is 0 Å². The van der Waals surface area contributed by atoms with Crippen molar-refractivity contribution in [3.63, 3.8) is 0 Å². The van der Waals surface area contributed by atoms with Gasteiger partial charge in [-0.15, -0.1) is 11.6 Å². The summed E-state index contributed by atoms with van der Waals surface area (Å²) in [5.41, 5.74) is 2.59. The number of hydrogen-bond acceptors (Lipinski definition) is 1. The van der Waals surface area contributed by atoms with Crippen LogP contribution in [0.4, 0.5) is 0 Å². The third kappa shape index (κ3) is 4.14. The summed E-state index contributed by atoms with van der Waals surface area (Å²) in [6, 6.07) is 5.89. The number of halogens is 1. The Bertz CT molecular complexity index is 587. The maximum atomic E-state index is 11.2. The number of benzene rings is 1. The second-order valence-corrected chi connectivity index (χ2v) is 5.93. The van der Waals surface area contributed by atoms with Gasteiger partial charge in [0.25, 0.3) is 0 Å². The Morgan fingerprint density at radius 1 is 1.05 bits per heavy atom. The van der Waals surface area contributed by atoms with Crippen LogP contribution < -0.4 is 5.69 Å². The minimum atomic E-state index is -0.167. The molecule has 3 nitrogen and oxygen atoms in total. The second-order valence-electron chi connectivity index (χ2n) is 5.41. The van der Waals surface area contributed by atoms with Gasteiger partial charge in [0.05, 0.1) is 16.4 Å². The molecule has 1 unspecified atom stereocenters. The molecular formula is C16H23ClN2O. The first kappa shape index (κ1) is 15.2. The van der Waals surface area contributed by atoms with E-state index in [2.05, 4.69) is 16.9 Å². The summed E-state index contributed by atoms with van der Waals surface area (Å²) < 4.78 is 0. The van der Waals surface area contributed by atoms with Gasteiger partial charge in [-0.1, -0.05) is 51.5 Å². The molecule has 20 heavy (non-hydrogen) atoms. The van der Waals surface area contributed by atoms with Gasteiger partial charge in [0.15, 0.2) is 0 Å². The van der Waals surface area contributed by atoms with Gasteiger partial charge in [0, 0.05) is 0 Å². The number of nitrogens with one attached hydrogen (secondary N) is 2. The molecule has 110 valence electrons. The number of aromatic nitrogens is 2. The zero-order valence-electron chi connectivity index (χ0n) is 12.0. The summed E-state index contributed by atoms with van der Waals surface area (Å²) in [7, 11) is 0. The lowest BCUT2D eigenvalue weighted by atomic mass is 10.0. The van der Waals surface area contributed by atoms with E-state index >= 15 is 0 Å². The van der Waals surface area contributed by atoms with Crippen LogP contribution in [0.5, 0.6) is 0 Å². The molecule has 2 N–H and O–H groups in total. The predicted octanol–water partition coefficient (Wildman–Crippen LogP) is 4.89. The largest absolute Gasteiger partial charge is 0.323 e. The van der Waals surface area contributed by atoms with Crippen molar-refractivity contribution in [3.05, 3.63) is 34.2 Å². The Morgan fingerprint density at radius 2 is 1.75 bits per heavy atom. The number of fused-ring (bicyclic) bond motifs is 1. The average Bonchev–Trinajstić information content (AvgIpc) is 2.81. The van der Waals surface area contributed by atoms with E-state index in [0.29, 0.717) is 0 Å². The van der Waals surface area contributed by atoms with Gasteiger partial charge in [-0.3, -0.25) is 0 Å². The van der Waals surface area contributed by atoms with Gasteiger partial charge in [0.1, 0.15) is 0 Å². The Morgan fingerprint density at radius 3 is 2.55 bits per heavy atom. The van der Waals surface area contributed by atoms with Gasteiger partial charge in [-0.25, -0.2) is 4.79 Å². The smallest absolute Gasteiger partial charge is 0.306 e. The van der Waals surface area contributed by atoms with Crippen LogP contribution in [0.1, 0.15) is 62.8 Å². The number of rotatable bonds is 8. The molecule has 1 aromatic carbocycles. The molecule has 0 fully saturated rings. The number of unbranched alkanes of at least 4 members (excludes halogenated alkanes) is 5. The summed E-state index contributed by atoms with van der Waals surface area (Å²) in [4.78, 5) is 16.7. The number of alkyl halides is 1. The minimum absolute atomic E-state index is 0.0315. The van der Waals surface area contributed by atoms with Crippen molar-refractivity contribution in [2.45, 2.75) is 57.2 Å². The predicted molar refractivity (Wildman–Crippen MR) is 85.5 cm³/mol. The minimum Gasteiger partial charge on any atom is -0.306 e. The van der Waals surface area contributed by atoms with Gasteiger partial charge < -0.3 is 9.97 Å². The first-order valence-corrected chi connectivity index (χ1v) is 8.00. The average molecular weight is 295 g/mol. The Balaban J connectivity index is 1.84. The first-order valence-electron chi connectivity index (χ1n) is 7.56. The van der Waals surface area contributed by atoms with Crippen LogP contribution in [0, 0.1) is 0 Å². The second kappa shape index (κ2) is 7.53. The fourth-order valence-electron chi connectivity index (χ4n) is 2.52. The van der Waals surface area contributed by atoms with Crippen LogP contribution in [0.25, 0.3) is 11.0 Å². The summed E-state index contributed by atoms with van der Waals surface area (Å²) in [6.45, 7) is 2.23. The lowest BCUT2D eigenvalue weighted by Gasteiger charge is -2.09. The summed E-state index contributed by atoms with van der Waals surface area (Å²) in [5.74, 6) is 0. The van der Waals surface area contributed by atoms with E-state index in [1.807, 2.05) is 18.2 Å². The molecule has 1 heterocycles. The standard InChI is InChI=1S/C16H23ClN2O/c1-2-3-4-5-6-7-8-13(17)12-9-10-14-15(11-12)19-16(20)18-14/h9-11,13H,2-8H2,1H3,(H2,18,19,20). The van der Waals surface area contributed by atoms with Crippen molar-refractivity contribution in [2.24, 2.45) is 0 Å². The molecule has 0 radical (unpaired) electrons. The quantitative estimate of drug-likeness (QED) is 0.529. The molecule has 0 bridgehead atoms. The summed E-state index contributed by atoms with van der Waals surface area (Å²) in [5, 5.41) is 0.0315. The van der Waals surface area contributed by atoms with E-state index in [0.717, 1.165) is 23.0 Å². The molecule has 0 saturated carbocycles. The van der Waals surface area contributed by atoms with Crippen LogP contribution in [-0.2, 0) is 0 Å². The van der Waals surface area contributed by atoms with Crippen LogP contribution in [-0.4, -0.2) is 9.97 Å². The molecule has 1 aromatic heterocycles. The topological polar surface area (TPSA) is 48.6 Å². The van der Waals surface area contributed by atoms with Crippen LogP contribution >= 0.6 is 11.6 Å². The molecule has 0 aliphatic heterocycles. The normalized spacial score (nSPS) is 12.9. The number of imidazole rings is 1. The highest BCUT2D eigenvalue weighted by atomic mass is 35.5. The Kier molecular flexibility index (Phi) is 5.72. The maximum absolute atomic E-state index is 11.2. The fourth-order valence-corrected chi connectivity index (χ4v) is 2.81. The van der Waals surface area contributed by atoms with Gasteiger partial charge in [-0.05, 0) is 24.1 Å². The highest BCUT2D eigenvalue weighted by molar-refractivity contribution is 6.20. The van der Waals surface area contributed by atoms with Crippen molar-refractivity contribution in [1.29, 1.82) is 0 Å². The van der Waals surface area contributed by atoms with E-state index in [1.54, 1.807) is 0 Å². The SMILES string of the molecule is CCCCCCCCC(Cl)c1ccc2[nH]c(=O)[nH]c2c1. The van der Waals surface area contributed by atoms with Crippen LogP contribution in [0.15, 0.2) is 23.0 Å². The third-order valence-corrected chi connectivity index (χ3v) is 4.18. The molecule has 2 aromatic rings. The van der Waals surface area contributed by atoms with E-state index in [9.17, 15) is 4.79 Å². The number of aromatic amines is 2. The van der Waals surface area contributed by atoms with Crippen molar-refractivity contribution < 1.29 is 0 Å². The lowest BCUT2D eigenvalue weighted by molar-refractivity contribution is 0.585. The van der Waals surface area contributed by atoms with E-state index in [1.165, 1.54) is 38.5 Å². The Labute approximate surface area is 124 Å². The van der Waals surface area contributed by atoms with Crippen molar-refractivity contribution in [2.75, 3.05) is 0 Å². The van der Waals surface area contributed by atoms with E-state index in [4.69, 9.17) is 11.6 Å². The van der Waals surface area contributed by atoms with Gasteiger partial charge >= 0.3 is 5.69 Å². The summed E-state index contributed by atoms with van der Waals surface area (Å²) >= 11 is 6.45. The van der Waals surface area contributed by atoms with Crippen LogP contribution in [0.2, 0.25) is 0 Å². The van der Waals surface area contributed by atoms with Crippen molar-refractivity contribution in [3.8, 4) is 0 Å². The molecule has 0 aliphatic carbocycles. The molecule has 0 aliphatic rings. The fraction of sp³-hybridized carbons (Fsp3) is 0.562. The van der Waals surface area contributed by atoms with Crippen molar-refractivity contribution >= 4 is 22.6 Å². The van der Waals surface area contributed by atoms with Gasteiger partial charge in [-0.2, -0.15) is 0 Å².